The first-order valence-corrected chi connectivity index (χ1v) is 5.23. The van der Waals surface area contributed by atoms with Crippen LogP contribution < -0.4 is 0 Å². The number of carboxylic acids is 1. The number of carboxylic acid groups (broad SMARTS) is 1. The number of ether oxygens (including phenoxy) is 1. The molecule has 5 nitrogen and oxygen atoms in total. The minimum Gasteiger partial charge on any atom is -0.481 e. The molecule has 1 atom stereocenters. The van der Waals surface area contributed by atoms with Crippen molar-refractivity contribution in [1.82, 2.24) is 4.90 Å². The molecule has 0 aliphatic carbocycles. The van der Waals surface area contributed by atoms with Crippen LogP contribution >= 0.6 is 0 Å². The van der Waals surface area contributed by atoms with Gasteiger partial charge in [-0.3, -0.25) is 9.59 Å². The molecule has 1 amide bonds. The molecule has 1 saturated heterocycles. The molecule has 0 aromatic rings. The van der Waals surface area contributed by atoms with E-state index in [9.17, 15) is 9.59 Å². The Labute approximate surface area is 89.0 Å². The van der Waals surface area contributed by atoms with E-state index in [1.807, 2.05) is 6.92 Å². The fraction of sp³-hybridized carbons (Fsp3) is 0.800. The maximum atomic E-state index is 11.5. The van der Waals surface area contributed by atoms with Gasteiger partial charge in [0.25, 0.3) is 0 Å². The first-order chi connectivity index (χ1) is 7.15. The molecule has 1 aliphatic heterocycles. The summed E-state index contributed by atoms with van der Waals surface area (Å²) in [6.07, 6.45) is 1.43. The third-order valence-electron chi connectivity index (χ3n) is 2.46. The molecule has 0 saturated carbocycles. The summed E-state index contributed by atoms with van der Waals surface area (Å²) in [7, 11) is 0. The van der Waals surface area contributed by atoms with E-state index in [2.05, 4.69) is 0 Å². The number of amides is 1. The van der Waals surface area contributed by atoms with Gasteiger partial charge in [0.1, 0.15) is 6.61 Å². The van der Waals surface area contributed by atoms with Crippen molar-refractivity contribution in [2.75, 3.05) is 26.3 Å². The zero-order valence-corrected chi connectivity index (χ0v) is 8.94. The van der Waals surface area contributed by atoms with Crippen LogP contribution in [0.2, 0.25) is 0 Å². The summed E-state index contributed by atoms with van der Waals surface area (Å²) in [5.74, 6) is -1.33. The average molecular weight is 215 g/mol. The number of carbonyl (C=O) groups excluding carboxylic acids is 1. The van der Waals surface area contributed by atoms with Crippen molar-refractivity contribution in [3.63, 3.8) is 0 Å². The first kappa shape index (κ1) is 12.0. The Morgan fingerprint density at radius 2 is 2.27 bits per heavy atom. The summed E-state index contributed by atoms with van der Waals surface area (Å²) in [6.45, 7) is 3.47. The van der Waals surface area contributed by atoms with Gasteiger partial charge < -0.3 is 14.7 Å². The summed E-state index contributed by atoms with van der Waals surface area (Å²) < 4.78 is 5.11. The summed E-state index contributed by atoms with van der Waals surface area (Å²) >= 11 is 0. The summed E-state index contributed by atoms with van der Waals surface area (Å²) in [6, 6.07) is 0. The molecule has 1 heterocycles. The third-order valence-corrected chi connectivity index (χ3v) is 2.46. The van der Waals surface area contributed by atoms with Gasteiger partial charge in [0.15, 0.2) is 0 Å². The largest absolute Gasteiger partial charge is 0.481 e. The smallest absolute Gasteiger partial charge is 0.308 e. The molecule has 1 unspecified atom stereocenters. The van der Waals surface area contributed by atoms with Crippen molar-refractivity contribution in [3.05, 3.63) is 0 Å². The molecule has 0 bridgehead atoms. The Kier molecular flexibility index (Phi) is 4.55. The fourth-order valence-electron chi connectivity index (χ4n) is 1.58. The van der Waals surface area contributed by atoms with E-state index in [-0.39, 0.29) is 12.5 Å². The Morgan fingerprint density at radius 3 is 2.80 bits per heavy atom. The van der Waals surface area contributed by atoms with Crippen LogP contribution in [0.4, 0.5) is 0 Å². The van der Waals surface area contributed by atoms with Crippen molar-refractivity contribution in [3.8, 4) is 0 Å². The molecule has 5 heteroatoms. The lowest BCUT2D eigenvalue weighted by atomic mass is 10.1. The van der Waals surface area contributed by atoms with Crippen LogP contribution in [0.1, 0.15) is 19.8 Å². The maximum Gasteiger partial charge on any atom is 0.308 e. The van der Waals surface area contributed by atoms with Crippen LogP contribution in [-0.2, 0) is 14.3 Å². The minimum atomic E-state index is -0.820. The number of hydrogen-bond donors (Lipinski definition) is 1. The van der Waals surface area contributed by atoms with Crippen molar-refractivity contribution >= 4 is 11.9 Å². The second-order valence-electron chi connectivity index (χ2n) is 3.72. The first-order valence-electron chi connectivity index (χ1n) is 5.23. The van der Waals surface area contributed by atoms with E-state index in [4.69, 9.17) is 9.84 Å². The van der Waals surface area contributed by atoms with E-state index in [0.29, 0.717) is 26.1 Å². The number of hydrogen-bond acceptors (Lipinski definition) is 3. The zero-order valence-electron chi connectivity index (χ0n) is 8.94. The average Bonchev–Trinajstić information content (AvgIpc) is 2.66. The molecule has 1 N–H and O–H groups in total. The fourth-order valence-corrected chi connectivity index (χ4v) is 1.58. The van der Waals surface area contributed by atoms with Crippen molar-refractivity contribution in [2.45, 2.75) is 19.8 Å². The topological polar surface area (TPSA) is 66.8 Å². The molecular formula is C10H17NO4. The van der Waals surface area contributed by atoms with Gasteiger partial charge in [0.2, 0.25) is 5.91 Å². The SMILES string of the molecule is CCCOCC(=O)N1CCC(C(=O)O)C1. The maximum absolute atomic E-state index is 11.5. The molecule has 0 radical (unpaired) electrons. The Morgan fingerprint density at radius 1 is 1.53 bits per heavy atom. The summed E-state index contributed by atoms with van der Waals surface area (Å²) in [5, 5.41) is 8.76. The standard InChI is InChI=1S/C10H17NO4/c1-2-5-15-7-9(12)11-4-3-8(6-11)10(13)14/h8H,2-7H2,1H3,(H,13,14). The summed E-state index contributed by atoms with van der Waals surface area (Å²) in [4.78, 5) is 23.7. The lowest BCUT2D eigenvalue weighted by Gasteiger charge is -2.15. The highest BCUT2D eigenvalue weighted by Gasteiger charge is 2.30. The third kappa shape index (κ3) is 3.51. The number of aliphatic carboxylic acids is 1. The normalized spacial score (nSPS) is 20.6. The van der Waals surface area contributed by atoms with Crippen LogP contribution in [0.25, 0.3) is 0 Å². The Bertz CT molecular complexity index is 242. The quantitative estimate of drug-likeness (QED) is 0.672. The number of nitrogens with zero attached hydrogens (tertiary/aromatic N) is 1. The van der Waals surface area contributed by atoms with Crippen LogP contribution in [0.3, 0.4) is 0 Å². The second-order valence-corrected chi connectivity index (χ2v) is 3.72. The molecule has 0 aromatic heterocycles. The van der Waals surface area contributed by atoms with E-state index in [1.165, 1.54) is 0 Å². The van der Waals surface area contributed by atoms with Crippen molar-refractivity contribution in [1.29, 1.82) is 0 Å². The highest BCUT2D eigenvalue weighted by atomic mass is 16.5. The van der Waals surface area contributed by atoms with Crippen LogP contribution in [0.15, 0.2) is 0 Å². The molecular weight excluding hydrogens is 198 g/mol. The van der Waals surface area contributed by atoms with E-state index < -0.39 is 11.9 Å². The van der Waals surface area contributed by atoms with Crippen LogP contribution in [0.5, 0.6) is 0 Å². The summed E-state index contributed by atoms with van der Waals surface area (Å²) in [5.41, 5.74) is 0. The Balaban J connectivity index is 2.27. The van der Waals surface area contributed by atoms with Crippen molar-refractivity contribution in [2.24, 2.45) is 5.92 Å². The van der Waals surface area contributed by atoms with Gasteiger partial charge in [-0.05, 0) is 12.8 Å². The molecule has 0 spiro atoms. The molecule has 1 fully saturated rings. The van der Waals surface area contributed by atoms with Gasteiger partial charge in [-0.2, -0.15) is 0 Å². The number of carbonyl (C=O) groups is 2. The predicted molar refractivity (Wildman–Crippen MR) is 53.4 cm³/mol. The van der Waals surface area contributed by atoms with Gasteiger partial charge in [-0.25, -0.2) is 0 Å². The second kappa shape index (κ2) is 5.70. The number of likely N-dealkylation sites (tertiary alicyclic amines) is 1. The van der Waals surface area contributed by atoms with Gasteiger partial charge in [0.05, 0.1) is 5.92 Å². The molecule has 86 valence electrons. The highest BCUT2D eigenvalue weighted by Crippen LogP contribution is 2.16. The van der Waals surface area contributed by atoms with Gasteiger partial charge in [-0.1, -0.05) is 6.92 Å². The van der Waals surface area contributed by atoms with E-state index in [0.717, 1.165) is 6.42 Å². The van der Waals surface area contributed by atoms with E-state index in [1.54, 1.807) is 4.90 Å². The lowest BCUT2D eigenvalue weighted by Crippen LogP contribution is -2.33. The van der Waals surface area contributed by atoms with E-state index >= 15 is 0 Å². The van der Waals surface area contributed by atoms with Gasteiger partial charge in [0, 0.05) is 19.7 Å². The zero-order chi connectivity index (χ0) is 11.3. The highest BCUT2D eigenvalue weighted by molar-refractivity contribution is 5.79. The van der Waals surface area contributed by atoms with Crippen LogP contribution in [0, 0.1) is 5.92 Å². The van der Waals surface area contributed by atoms with Gasteiger partial charge in [-0.15, -0.1) is 0 Å². The predicted octanol–water partition coefficient (Wildman–Crippen LogP) is 0.346. The van der Waals surface area contributed by atoms with Crippen LogP contribution in [-0.4, -0.2) is 48.2 Å². The molecule has 1 aliphatic rings. The molecule has 1 rings (SSSR count). The number of rotatable bonds is 5. The molecule has 15 heavy (non-hydrogen) atoms. The van der Waals surface area contributed by atoms with Crippen molar-refractivity contribution < 1.29 is 19.4 Å². The molecule has 0 aromatic carbocycles. The lowest BCUT2D eigenvalue weighted by molar-refractivity contribution is -0.141. The Hall–Kier alpha value is -1.10. The monoisotopic (exact) mass is 215 g/mol. The minimum absolute atomic E-state index is 0.0696. The van der Waals surface area contributed by atoms with Gasteiger partial charge >= 0.3 is 5.97 Å².